The zero-order valence-corrected chi connectivity index (χ0v) is 9.68. The number of carbonyl (C=O) groups excluding carboxylic acids is 1. The quantitative estimate of drug-likeness (QED) is 0.502. The molecular weight excluding hydrogens is 220 g/mol. The third kappa shape index (κ3) is 11.3. The zero-order valence-electron chi connectivity index (χ0n) is 8.86. The molecule has 0 aromatic carbocycles. The summed E-state index contributed by atoms with van der Waals surface area (Å²) in [7, 11) is -2.94. The van der Waals surface area contributed by atoms with Crippen molar-refractivity contribution < 1.29 is 17.9 Å². The fourth-order valence-electron chi connectivity index (χ4n) is 0.861. The largest absolute Gasteiger partial charge is 0.370 e. The van der Waals surface area contributed by atoms with Crippen molar-refractivity contribution in [1.82, 2.24) is 5.32 Å². The van der Waals surface area contributed by atoms with E-state index in [9.17, 15) is 13.2 Å². The van der Waals surface area contributed by atoms with E-state index in [4.69, 9.17) is 10.5 Å². The van der Waals surface area contributed by atoms with E-state index in [0.29, 0.717) is 26.1 Å². The summed E-state index contributed by atoms with van der Waals surface area (Å²) in [4.78, 5) is 11.0. The Hall–Kier alpha value is -0.660. The standard InChI is InChI=1S/C8H18N2O4S/c1-15(12,13)6-2-4-10-8(11)7-14-5-3-9/h2-7,9H2,1H3,(H,10,11). The van der Waals surface area contributed by atoms with Crippen molar-refractivity contribution in [3.63, 3.8) is 0 Å². The van der Waals surface area contributed by atoms with Gasteiger partial charge in [-0.25, -0.2) is 8.42 Å². The lowest BCUT2D eigenvalue weighted by Gasteiger charge is -2.04. The maximum atomic E-state index is 11.0. The van der Waals surface area contributed by atoms with Gasteiger partial charge >= 0.3 is 0 Å². The van der Waals surface area contributed by atoms with Gasteiger partial charge in [0.05, 0.1) is 12.4 Å². The molecule has 0 aromatic rings. The lowest BCUT2D eigenvalue weighted by molar-refractivity contribution is -0.125. The number of ether oxygens (including phenoxy) is 1. The Morgan fingerprint density at radius 1 is 1.47 bits per heavy atom. The molecule has 0 aromatic heterocycles. The van der Waals surface area contributed by atoms with E-state index in [1.807, 2.05) is 0 Å². The molecule has 0 rings (SSSR count). The van der Waals surface area contributed by atoms with E-state index in [0.717, 1.165) is 0 Å². The highest BCUT2D eigenvalue weighted by atomic mass is 32.2. The van der Waals surface area contributed by atoms with Gasteiger partial charge in [-0.3, -0.25) is 4.79 Å². The minimum Gasteiger partial charge on any atom is -0.370 e. The molecule has 7 heteroatoms. The predicted molar refractivity (Wildman–Crippen MR) is 57.2 cm³/mol. The molecule has 3 N–H and O–H groups in total. The molecule has 15 heavy (non-hydrogen) atoms. The molecule has 0 fully saturated rings. The van der Waals surface area contributed by atoms with Gasteiger partial charge < -0.3 is 15.8 Å². The first-order valence-electron chi connectivity index (χ1n) is 4.68. The van der Waals surface area contributed by atoms with Gasteiger partial charge in [0.1, 0.15) is 16.4 Å². The van der Waals surface area contributed by atoms with Crippen LogP contribution < -0.4 is 11.1 Å². The van der Waals surface area contributed by atoms with Crippen molar-refractivity contribution in [3.05, 3.63) is 0 Å². The minimum atomic E-state index is -2.94. The molecule has 0 bridgehead atoms. The van der Waals surface area contributed by atoms with Crippen LogP contribution in [0.5, 0.6) is 0 Å². The van der Waals surface area contributed by atoms with Gasteiger partial charge in [0.2, 0.25) is 5.91 Å². The number of carbonyl (C=O) groups is 1. The second kappa shape index (κ2) is 7.61. The SMILES string of the molecule is CS(=O)(=O)CCCNC(=O)COCCN. The molecule has 90 valence electrons. The Kier molecular flexibility index (Phi) is 7.27. The van der Waals surface area contributed by atoms with Crippen LogP contribution in [-0.4, -0.2) is 52.6 Å². The van der Waals surface area contributed by atoms with Crippen LogP contribution in [0.3, 0.4) is 0 Å². The average molecular weight is 238 g/mol. The number of amides is 1. The number of rotatable bonds is 8. The van der Waals surface area contributed by atoms with Gasteiger partial charge in [0, 0.05) is 19.3 Å². The summed E-state index contributed by atoms with van der Waals surface area (Å²) in [6, 6.07) is 0. The molecule has 0 saturated heterocycles. The Morgan fingerprint density at radius 2 is 2.13 bits per heavy atom. The van der Waals surface area contributed by atoms with Crippen LogP contribution in [0.25, 0.3) is 0 Å². The maximum absolute atomic E-state index is 11.0. The third-order valence-corrected chi connectivity index (χ3v) is 2.54. The number of nitrogens with two attached hydrogens (primary N) is 1. The molecular formula is C8H18N2O4S. The lowest BCUT2D eigenvalue weighted by Crippen LogP contribution is -2.30. The second-order valence-electron chi connectivity index (χ2n) is 3.17. The lowest BCUT2D eigenvalue weighted by atomic mass is 10.4. The van der Waals surface area contributed by atoms with Gasteiger partial charge in [-0.1, -0.05) is 0 Å². The van der Waals surface area contributed by atoms with Gasteiger partial charge in [-0.05, 0) is 6.42 Å². The van der Waals surface area contributed by atoms with Crippen molar-refractivity contribution in [2.75, 3.05) is 38.3 Å². The van der Waals surface area contributed by atoms with Crippen molar-refractivity contribution in [1.29, 1.82) is 0 Å². The first kappa shape index (κ1) is 14.3. The number of nitrogens with one attached hydrogen (secondary N) is 1. The highest BCUT2D eigenvalue weighted by Gasteiger charge is 2.03. The van der Waals surface area contributed by atoms with Crippen LogP contribution in [0.1, 0.15) is 6.42 Å². The van der Waals surface area contributed by atoms with Crippen LogP contribution >= 0.6 is 0 Å². The monoisotopic (exact) mass is 238 g/mol. The van der Waals surface area contributed by atoms with Gasteiger partial charge in [0.15, 0.2) is 0 Å². The van der Waals surface area contributed by atoms with Crippen LogP contribution in [0.2, 0.25) is 0 Å². The van der Waals surface area contributed by atoms with Crippen LogP contribution in [0.4, 0.5) is 0 Å². The number of hydrogen-bond acceptors (Lipinski definition) is 5. The van der Waals surface area contributed by atoms with Crippen LogP contribution in [-0.2, 0) is 19.4 Å². The minimum absolute atomic E-state index is 0.0317. The average Bonchev–Trinajstić information content (AvgIpc) is 2.11. The predicted octanol–water partition coefficient (Wildman–Crippen LogP) is -1.49. The van der Waals surface area contributed by atoms with E-state index in [2.05, 4.69) is 5.32 Å². The zero-order chi connectivity index (χ0) is 11.7. The highest BCUT2D eigenvalue weighted by molar-refractivity contribution is 7.90. The van der Waals surface area contributed by atoms with Gasteiger partial charge in [-0.15, -0.1) is 0 Å². The normalized spacial score (nSPS) is 11.3. The fourth-order valence-corrected chi connectivity index (χ4v) is 1.53. The first-order valence-corrected chi connectivity index (χ1v) is 6.74. The topological polar surface area (TPSA) is 98.5 Å². The second-order valence-corrected chi connectivity index (χ2v) is 5.43. The molecule has 0 saturated carbocycles. The van der Waals surface area contributed by atoms with E-state index >= 15 is 0 Å². The fraction of sp³-hybridized carbons (Fsp3) is 0.875. The molecule has 1 amide bonds. The molecule has 0 radical (unpaired) electrons. The summed E-state index contributed by atoms with van der Waals surface area (Å²) in [5.74, 6) is -0.173. The highest BCUT2D eigenvalue weighted by Crippen LogP contribution is 1.86. The Labute approximate surface area is 90.1 Å². The summed E-state index contributed by atoms with van der Waals surface area (Å²) < 4.78 is 26.4. The van der Waals surface area contributed by atoms with Crippen molar-refractivity contribution in [3.8, 4) is 0 Å². The van der Waals surface area contributed by atoms with Crippen molar-refractivity contribution >= 4 is 15.7 Å². The summed E-state index contributed by atoms with van der Waals surface area (Å²) >= 11 is 0. The Morgan fingerprint density at radius 3 is 2.67 bits per heavy atom. The summed E-state index contributed by atoms with van der Waals surface area (Å²) in [6.07, 6.45) is 1.58. The Balaban J connectivity index is 3.39. The van der Waals surface area contributed by atoms with E-state index in [1.165, 1.54) is 6.26 Å². The number of hydrogen-bond donors (Lipinski definition) is 2. The van der Waals surface area contributed by atoms with E-state index in [-0.39, 0.29) is 18.3 Å². The van der Waals surface area contributed by atoms with Gasteiger partial charge in [-0.2, -0.15) is 0 Å². The van der Waals surface area contributed by atoms with Crippen LogP contribution in [0, 0.1) is 0 Å². The first-order chi connectivity index (χ1) is 6.95. The molecule has 0 aliphatic rings. The maximum Gasteiger partial charge on any atom is 0.245 e. The van der Waals surface area contributed by atoms with Crippen molar-refractivity contribution in [2.24, 2.45) is 5.73 Å². The Bertz CT molecular complexity index is 276. The molecule has 0 aliphatic carbocycles. The van der Waals surface area contributed by atoms with Crippen molar-refractivity contribution in [2.45, 2.75) is 6.42 Å². The van der Waals surface area contributed by atoms with E-state index in [1.54, 1.807) is 0 Å². The molecule has 0 unspecified atom stereocenters. The van der Waals surface area contributed by atoms with Crippen LogP contribution in [0.15, 0.2) is 0 Å². The summed E-state index contributed by atoms with van der Waals surface area (Å²) in [6.45, 7) is 1.03. The molecule has 0 atom stereocenters. The smallest absolute Gasteiger partial charge is 0.245 e. The third-order valence-electron chi connectivity index (χ3n) is 1.51. The summed E-state index contributed by atoms with van der Waals surface area (Å²) in [5, 5.41) is 2.54. The molecule has 0 spiro atoms. The number of sulfone groups is 1. The van der Waals surface area contributed by atoms with E-state index < -0.39 is 9.84 Å². The summed E-state index contributed by atoms with van der Waals surface area (Å²) in [5.41, 5.74) is 5.16. The molecule has 0 aliphatic heterocycles. The van der Waals surface area contributed by atoms with Gasteiger partial charge in [0.25, 0.3) is 0 Å². The molecule has 6 nitrogen and oxygen atoms in total. The molecule has 0 heterocycles.